The Balaban J connectivity index is 3.29. The molecule has 0 fully saturated rings. The molecule has 0 aliphatic carbocycles. The van der Waals surface area contributed by atoms with E-state index in [0.717, 1.165) is 12.5 Å². The second-order valence-corrected chi connectivity index (χ2v) is 3.53. The van der Waals surface area contributed by atoms with Crippen LogP contribution in [-0.4, -0.2) is 30.9 Å². The zero-order valence-corrected chi connectivity index (χ0v) is 10.1. The van der Waals surface area contributed by atoms with Crippen molar-refractivity contribution in [1.82, 2.24) is 0 Å². The summed E-state index contributed by atoms with van der Waals surface area (Å²) in [6.07, 6.45) is 3.14. The summed E-state index contributed by atoms with van der Waals surface area (Å²) in [6, 6.07) is 0. The monoisotopic (exact) mass is 242 g/mol. The molecule has 0 unspecified atom stereocenters. The van der Waals surface area contributed by atoms with E-state index in [1.165, 1.54) is 6.92 Å². The normalized spacial score (nSPS) is 9.47. The van der Waals surface area contributed by atoms with Gasteiger partial charge in [0.1, 0.15) is 12.2 Å². The number of ether oxygens (including phenoxy) is 2. The number of hydrogen-bond acceptors (Lipinski definition) is 5. The highest BCUT2D eigenvalue weighted by molar-refractivity contribution is 5.94. The van der Waals surface area contributed by atoms with E-state index >= 15 is 0 Å². The summed E-state index contributed by atoms with van der Waals surface area (Å²) in [7, 11) is 0. The molecule has 0 aliphatic rings. The molecule has 17 heavy (non-hydrogen) atoms. The first-order valence-corrected chi connectivity index (χ1v) is 5.50. The Bertz CT molecular complexity index is 283. The molecule has 0 radical (unpaired) electrons. The van der Waals surface area contributed by atoms with Gasteiger partial charge in [0.05, 0.1) is 13.2 Å². The minimum Gasteiger partial charge on any atom is -0.465 e. The first kappa shape index (κ1) is 15.3. The number of ketones is 1. The molecule has 0 N–H and O–H groups in total. The second kappa shape index (κ2) is 9.57. The van der Waals surface area contributed by atoms with Crippen molar-refractivity contribution >= 4 is 17.7 Å². The van der Waals surface area contributed by atoms with Crippen LogP contribution in [0.5, 0.6) is 0 Å². The molecule has 0 heterocycles. The molecule has 0 atom stereocenters. The van der Waals surface area contributed by atoms with Gasteiger partial charge >= 0.3 is 11.9 Å². The highest BCUT2D eigenvalue weighted by Crippen LogP contribution is 1.98. The maximum atomic E-state index is 10.9. The summed E-state index contributed by atoms with van der Waals surface area (Å²) in [5.74, 6) is -1.13. The summed E-state index contributed by atoms with van der Waals surface area (Å²) in [6.45, 7) is 5.25. The lowest BCUT2D eigenvalue weighted by Crippen LogP contribution is -2.10. The third kappa shape index (κ3) is 10.6. The number of esters is 2. The Morgan fingerprint density at radius 2 is 1.65 bits per heavy atom. The molecule has 5 nitrogen and oxygen atoms in total. The molecule has 0 saturated carbocycles. The minimum atomic E-state index is -0.490. The van der Waals surface area contributed by atoms with Crippen molar-refractivity contribution < 1.29 is 23.9 Å². The van der Waals surface area contributed by atoms with Crippen LogP contribution in [0.1, 0.15) is 32.6 Å². The van der Waals surface area contributed by atoms with Crippen molar-refractivity contribution in [3.63, 3.8) is 0 Å². The first-order chi connectivity index (χ1) is 8.06. The average Bonchev–Trinajstić information content (AvgIpc) is 2.26. The molecule has 0 saturated heterocycles. The Morgan fingerprint density at radius 3 is 2.18 bits per heavy atom. The standard InChI is InChI=1S/C12H18O5/c1-3-11(14)16-7-5-4-6-8-17-12(15)9-10(2)13/h3H,1,4-9H2,2H3. The Kier molecular flexibility index (Phi) is 8.64. The highest BCUT2D eigenvalue weighted by Gasteiger charge is 2.05. The van der Waals surface area contributed by atoms with E-state index in [0.29, 0.717) is 26.1 Å². The van der Waals surface area contributed by atoms with E-state index in [-0.39, 0.29) is 12.2 Å². The van der Waals surface area contributed by atoms with Gasteiger partial charge in [-0.3, -0.25) is 9.59 Å². The van der Waals surface area contributed by atoms with Gasteiger partial charge in [0.25, 0.3) is 0 Å². The number of carbonyl (C=O) groups is 3. The van der Waals surface area contributed by atoms with Crippen LogP contribution in [0.4, 0.5) is 0 Å². The predicted molar refractivity (Wildman–Crippen MR) is 61.3 cm³/mol. The summed E-state index contributed by atoms with van der Waals surface area (Å²) < 4.78 is 9.58. The maximum absolute atomic E-state index is 10.9. The number of unbranched alkanes of at least 4 members (excludes halogenated alkanes) is 2. The first-order valence-electron chi connectivity index (χ1n) is 5.50. The lowest BCUT2D eigenvalue weighted by molar-refractivity contribution is -0.145. The quantitative estimate of drug-likeness (QED) is 0.264. The topological polar surface area (TPSA) is 69.7 Å². The van der Waals surface area contributed by atoms with Gasteiger partial charge in [0.15, 0.2) is 0 Å². The molecule has 0 aromatic carbocycles. The molecule has 0 rings (SSSR count). The van der Waals surface area contributed by atoms with E-state index in [4.69, 9.17) is 9.47 Å². The van der Waals surface area contributed by atoms with Gasteiger partial charge in [-0.2, -0.15) is 0 Å². The molecule has 0 aromatic rings. The Hall–Kier alpha value is -1.65. The molecule has 0 amide bonds. The summed E-state index contributed by atoms with van der Waals surface area (Å²) >= 11 is 0. The van der Waals surface area contributed by atoms with Gasteiger partial charge in [0, 0.05) is 6.08 Å². The van der Waals surface area contributed by atoms with Gasteiger partial charge in [0.2, 0.25) is 0 Å². The average molecular weight is 242 g/mol. The van der Waals surface area contributed by atoms with E-state index in [9.17, 15) is 14.4 Å². The molecular formula is C12H18O5. The number of hydrogen-bond donors (Lipinski definition) is 0. The third-order valence-corrected chi connectivity index (χ3v) is 1.86. The van der Waals surface area contributed by atoms with Crippen molar-refractivity contribution in [2.24, 2.45) is 0 Å². The van der Waals surface area contributed by atoms with Crippen LogP contribution in [0.2, 0.25) is 0 Å². The molecule has 0 aromatic heterocycles. The fraction of sp³-hybridized carbons (Fsp3) is 0.583. The SMILES string of the molecule is C=CC(=O)OCCCCCOC(=O)CC(C)=O. The van der Waals surface area contributed by atoms with Gasteiger partial charge < -0.3 is 9.47 Å². The van der Waals surface area contributed by atoms with Crippen LogP contribution < -0.4 is 0 Å². The van der Waals surface area contributed by atoms with Crippen molar-refractivity contribution in [2.75, 3.05) is 13.2 Å². The Morgan fingerprint density at radius 1 is 1.06 bits per heavy atom. The second-order valence-electron chi connectivity index (χ2n) is 3.53. The lowest BCUT2D eigenvalue weighted by atomic mass is 10.2. The van der Waals surface area contributed by atoms with Gasteiger partial charge in [-0.05, 0) is 26.2 Å². The van der Waals surface area contributed by atoms with Crippen molar-refractivity contribution in [1.29, 1.82) is 0 Å². The zero-order chi connectivity index (χ0) is 13.1. The van der Waals surface area contributed by atoms with Crippen LogP contribution in [0, 0.1) is 0 Å². The number of rotatable bonds is 9. The largest absolute Gasteiger partial charge is 0.465 e. The van der Waals surface area contributed by atoms with Crippen molar-refractivity contribution in [3.05, 3.63) is 12.7 Å². The summed E-state index contributed by atoms with van der Waals surface area (Å²) in [5.41, 5.74) is 0. The van der Waals surface area contributed by atoms with Crippen molar-refractivity contribution in [2.45, 2.75) is 32.6 Å². The van der Waals surface area contributed by atoms with Crippen LogP contribution >= 0.6 is 0 Å². The third-order valence-electron chi connectivity index (χ3n) is 1.86. The van der Waals surface area contributed by atoms with Gasteiger partial charge in [-0.1, -0.05) is 6.58 Å². The molecule has 0 spiro atoms. The lowest BCUT2D eigenvalue weighted by Gasteiger charge is -2.04. The fourth-order valence-corrected chi connectivity index (χ4v) is 1.05. The van der Waals surface area contributed by atoms with Crippen molar-refractivity contribution in [3.8, 4) is 0 Å². The molecule has 96 valence electrons. The maximum Gasteiger partial charge on any atom is 0.330 e. The fourth-order valence-electron chi connectivity index (χ4n) is 1.05. The van der Waals surface area contributed by atoms with Crippen LogP contribution in [0.25, 0.3) is 0 Å². The van der Waals surface area contributed by atoms with Crippen LogP contribution in [0.15, 0.2) is 12.7 Å². The van der Waals surface area contributed by atoms with E-state index in [2.05, 4.69) is 6.58 Å². The highest BCUT2D eigenvalue weighted by atomic mass is 16.5. The van der Waals surface area contributed by atoms with E-state index in [1.807, 2.05) is 0 Å². The van der Waals surface area contributed by atoms with Crippen LogP contribution in [0.3, 0.4) is 0 Å². The van der Waals surface area contributed by atoms with E-state index < -0.39 is 11.9 Å². The van der Waals surface area contributed by atoms with Gasteiger partial charge in [-0.15, -0.1) is 0 Å². The number of Topliss-reactive ketones (excluding diaryl/α,β-unsaturated/α-hetero) is 1. The predicted octanol–water partition coefficient (Wildman–Crippen LogP) is 1.41. The smallest absolute Gasteiger partial charge is 0.330 e. The molecule has 5 heteroatoms. The number of carbonyl (C=O) groups excluding carboxylic acids is 3. The molecule has 0 aliphatic heterocycles. The van der Waals surface area contributed by atoms with Gasteiger partial charge in [-0.25, -0.2) is 4.79 Å². The minimum absolute atomic E-state index is 0.170. The molecular weight excluding hydrogens is 224 g/mol. The van der Waals surface area contributed by atoms with E-state index in [1.54, 1.807) is 0 Å². The summed E-state index contributed by atoms with van der Waals surface area (Å²) in [5, 5.41) is 0. The molecule has 0 bridgehead atoms. The zero-order valence-electron chi connectivity index (χ0n) is 10.1. The Labute approximate surface area is 101 Å². The van der Waals surface area contributed by atoms with Crippen LogP contribution in [-0.2, 0) is 23.9 Å². The summed E-state index contributed by atoms with van der Waals surface area (Å²) in [4.78, 5) is 32.2.